The quantitative estimate of drug-likeness (QED) is 0.796. The second-order valence-corrected chi connectivity index (χ2v) is 4.34. The molecule has 2 aromatic rings. The van der Waals surface area contributed by atoms with Gasteiger partial charge in [-0.3, -0.25) is 0 Å². The van der Waals surface area contributed by atoms with Crippen molar-refractivity contribution in [2.24, 2.45) is 0 Å². The molecule has 0 aliphatic heterocycles. The van der Waals surface area contributed by atoms with Gasteiger partial charge < -0.3 is 19.7 Å². The molecule has 0 radical (unpaired) electrons. The number of halogens is 1. The van der Waals surface area contributed by atoms with Crippen LogP contribution in [0.3, 0.4) is 0 Å². The fourth-order valence-corrected chi connectivity index (χ4v) is 1.61. The van der Waals surface area contributed by atoms with E-state index >= 15 is 0 Å². The van der Waals surface area contributed by atoms with Crippen LogP contribution in [0.5, 0.6) is 5.75 Å². The zero-order chi connectivity index (χ0) is 13.5. The van der Waals surface area contributed by atoms with E-state index in [1.807, 2.05) is 0 Å². The number of ether oxygens (including phenoxy) is 1. The molecule has 0 amide bonds. The van der Waals surface area contributed by atoms with Gasteiger partial charge in [-0.2, -0.15) is 4.98 Å². The predicted molar refractivity (Wildman–Crippen MR) is 69.0 cm³/mol. The van der Waals surface area contributed by atoms with Crippen molar-refractivity contribution in [1.82, 2.24) is 15.5 Å². The Kier molecular flexibility index (Phi) is 5.14. The molecule has 0 spiro atoms. The molecule has 1 heterocycles. The summed E-state index contributed by atoms with van der Waals surface area (Å²) in [6.45, 7) is 0.986. The molecule has 1 atom stereocenters. The highest BCUT2D eigenvalue weighted by atomic mass is 35.5. The number of hydrogen-bond donors (Lipinski definition) is 2. The molecule has 2 rings (SSSR count). The highest BCUT2D eigenvalue weighted by molar-refractivity contribution is 6.30. The van der Waals surface area contributed by atoms with Gasteiger partial charge >= 0.3 is 0 Å². The number of hydrogen-bond acceptors (Lipinski definition) is 6. The van der Waals surface area contributed by atoms with Crippen molar-refractivity contribution in [3.8, 4) is 5.75 Å². The molecule has 1 unspecified atom stereocenters. The van der Waals surface area contributed by atoms with Crippen molar-refractivity contribution >= 4 is 11.6 Å². The topological polar surface area (TPSA) is 80.4 Å². The first-order valence-corrected chi connectivity index (χ1v) is 6.14. The summed E-state index contributed by atoms with van der Waals surface area (Å²) >= 11 is 5.82. The van der Waals surface area contributed by atoms with Crippen LogP contribution >= 0.6 is 11.6 Å². The molecule has 0 aliphatic rings. The van der Waals surface area contributed by atoms with E-state index < -0.39 is 6.10 Å². The van der Waals surface area contributed by atoms with E-state index in [1.54, 1.807) is 24.3 Å². The maximum atomic E-state index is 9.72. The SMILES string of the molecule is OC(CNCc1ncon1)COc1cccc(Cl)c1. The van der Waals surface area contributed by atoms with Gasteiger partial charge in [0.1, 0.15) is 18.5 Å². The van der Waals surface area contributed by atoms with Crippen molar-refractivity contribution in [3.63, 3.8) is 0 Å². The zero-order valence-electron chi connectivity index (χ0n) is 10.1. The molecule has 1 aromatic heterocycles. The van der Waals surface area contributed by atoms with Gasteiger partial charge in [-0.15, -0.1) is 0 Å². The second kappa shape index (κ2) is 7.08. The lowest BCUT2D eigenvalue weighted by molar-refractivity contribution is 0.106. The number of aliphatic hydroxyl groups excluding tert-OH is 1. The van der Waals surface area contributed by atoms with E-state index in [0.29, 0.717) is 29.7 Å². The molecular formula is C12H14ClN3O3. The summed E-state index contributed by atoms with van der Waals surface area (Å²) in [5.41, 5.74) is 0. The van der Waals surface area contributed by atoms with Crippen molar-refractivity contribution in [1.29, 1.82) is 0 Å². The van der Waals surface area contributed by atoms with Crippen LogP contribution in [0.1, 0.15) is 5.82 Å². The van der Waals surface area contributed by atoms with Crippen LogP contribution < -0.4 is 10.1 Å². The Morgan fingerprint density at radius 2 is 2.37 bits per heavy atom. The minimum absolute atomic E-state index is 0.180. The third-order valence-electron chi connectivity index (χ3n) is 2.31. The van der Waals surface area contributed by atoms with Gasteiger partial charge in [-0.05, 0) is 18.2 Å². The van der Waals surface area contributed by atoms with E-state index in [4.69, 9.17) is 16.3 Å². The van der Waals surface area contributed by atoms with Crippen molar-refractivity contribution in [2.45, 2.75) is 12.6 Å². The van der Waals surface area contributed by atoms with Crippen molar-refractivity contribution in [3.05, 3.63) is 41.5 Å². The summed E-state index contributed by atoms with van der Waals surface area (Å²) in [6, 6.07) is 7.03. The fraction of sp³-hybridized carbons (Fsp3) is 0.333. The van der Waals surface area contributed by atoms with Gasteiger partial charge in [0.25, 0.3) is 0 Å². The molecule has 0 saturated heterocycles. The normalized spacial score (nSPS) is 12.3. The number of nitrogens with zero attached hydrogens (tertiary/aromatic N) is 2. The van der Waals surface area contributed by atoms with Gasteiger partial charge in [0.05, 0.1) is 6.54 Å². The Bertz CT molecular complexity index is 493. The molecule has 6 nitrogen and oxygen atoms in total. The highest BCUT2D eigenvalue weighted by Gasteiger charge is 2.06. The third-order valence-corrected chi connectivity index (χ3v) is 2.54. The first-order valence-electron chi connectivity index (χ1n) is 5.76. The van der Waals surface area contributed by atoms with E-state index in [9.17, 15) is 5.11 Å². The third kappa shape index (κ3) is 4.86. The van der Waals surface area contributed by atoms with Gasteiger partial charge in [0.15, 0.2) is 5.82 Å². The lowest BCUT2D eigenvalue weighted by Gasteiger charge is -2.12. The number of benzene rings is 1. The van der Waals surface area contributed by atoms with Crippen LogP contribution in [0.2, 0.25) is 5.02 Å². The summed E-state index contributed by atoms with van der Waals surface area (Å²) in [5.74, 6) is 1.17. The average Bonchev–Trinajstić information content (AvgIpc) is 2.90. The maximum Gasteiger partial charge on any atom is 0.213 e. The molecular weight excluding hydrogens is 270 g/mol. The molecule has 19 heavy (non-hydrogen) atoms. The van der Waals surface area contributed by atoms with Gasteiger partial charge in [0, 0.05) is 11.6 Å². The first-order chi connectivity index (χ1) is 9.24. The summed E-state index contributed by atoms with van der Waals surface area (Å²) in [6.07, 6.45) is 0.626. The molecule has 2 N–H and O–H groups in total. The van der Waals surface area contributed by atoms with Gasteiger partial charge in [-0.25, -0.2) is 0 Å². The molecule has 102 valence electrons. The molecule has 0 aliphatic carbocycles. The Morgan fingerprint density at radius 3 is 3.11 bits per heavy atom. The molecule has 7 heteroatoms. The predicted octanol–water partition coefficient (Wildman–Crippen LogP) is 1.25. The highest BCUT2D eigenvalue weighted by Crippen LogP contribution is 2.17. The number of aromatic nitrogens is 2. The summed E-state index contributed by atoms with van der Waals surface area (Å²) < 4.78 is 10.00. The minimum Gasteiger partial charge on any atom is -0.491 e. The second-order valence-electron chi connectivity index (χ2n) is 3.90. The van der Waals surface area contributed by atoms with Crippen molar-refractivity contribution < 1.29 is 14.4 Å². The number of nitrogens with one attached hydrogen (secondary N) is 1. The van der Waals surface area contributed by atoms with Gasteiger partial charge in [-0.1, -0.05) is 22.8 Å². The van der Waals surface area contributed by atoms with Crippen LogP contribution in [-0.2, 0) is 6.54 Å². The molecule has 0 saturated carbocycles. The van der Waals surface area contributed by atoms with E-state index in [-0.39, 0.29) is 6.61 Å². The fourth-order valence-electron chi connectivity index (χ4n) is 1.43. The largest absolute Gasteiger partial charge is 0.491 e. The maximum absolute atomic E-state index is 9.72. The number of rotatable bonds is 7. The zero-order valence-corrected chi connectivity index (χ0v) is 10.9. The summed E-state index contributed by atoms with van der Waals surface area (Å²) in [7, 11) is 0. The molecule has 1 aromatic carbocycles. The summed E-state index contributed by atoms with van der Waals surface area (Å²) in [4.78, 5) is 3.85. The van der Waals surface area contributed by atoms with Crippen LogP contribution in [0.4, 0.5) is 0 Å². The standard InChI is InChI=1S/C12H14ClN3O3/c13-9-2-1-3-11(4-9)18-7-10(17)5-14-6-12-15-8-19-16-12/h1-4,8,10,14,17H,5-7H2. The molecule has 0 bridgehead atoms. The Balaban J connectivity index is 1.65. The summed E-state index contributed by atoms with van der Waals surface area (Å²) in [5, 5.41) is 17.0. The molecule has 0 fully saturated rings. The van der Waals surface area contributed by atoms with Gasteiger partial charge in [0.2, 0.25) is 6.39 Å². The first kappa shape index (κ1) is 13.8. The van der Waals surface area contributed by atoms with E-state index in [0.717, 1.165) is 0 Å². The van der Waals surface area contributed by atoms with E-state index in [2.05, 4.69) is 20.0 Å². The van der Waals surface area contributed by atoms with Crippen LogP contribution in [0.15, 0.2) is 35.2 Å². The Morgan fingerprint density at radius 1 is 1.47 bits per heavy atom. The minimum atomic E-state index is -0.633. The monoisotopic (exact) mass is 283 g/mol. The lowest BCUT2D eigenvalue weighted by Crippen LogP contribution is -2.31. The van der Waals surface area contributed by atoms with Crippen LogP contribution in [0.25, 0.3) is 0 Å². The lowest BCUT2D eigenvalue weighted by atomic mass is 10.3. The number of aliphatic hydroxyl groups is 1. The van der Waals surface area contributed by atoms with Crippen LogP contribution in [-0.4, -0.2) is 34.5 Å². The van der Waals surface area contributed by atoms with E-state index in [1.165, 1.54) is 6.39 Å². The Labute approximate surface area is 115 Å². The van der Waals surface area contributed by atoms with Crippen LogP contribution in [0, 0.1) is 0 Å². The Hall–Kier alpha value is -1.63. The smallest absolute Gasteiger partial charge is 0.213 e. The van der Waals surface area contributed by atoms with Crippen molar-refractivity contribution in [2.75, 3.05) is 13.2 Å². The average molecular weight is 284 g/mol.